The zero-order valence-corrected chi connectivity index (χ0v) is 10.3. The number of hydrogen-bond donors (Lipinski definition) is 2. The lowest BCUT2D eigenvalue weighted by molar-refractivity contribution is 0.140. The van der Waals surface area contributed by atoms with Crippen molar-refractivity contribution in [1.82, 2.24) is 5.32 Å². The SMILES string of the molecule is O[C@H]1Cc2ccccc2[C@H]1NCc1ccsc1. The third-order valence-corrected chi connectivity index (χ3v) is 4.04. The van der Waals surface area contributed by atoms with Crippen molar-refractivity contribution in [2.75, 3.05) is 0 Å². The Morgan fingerprint density at radius 1 is 1.29 bits per heavy atom. The van der Waals surface area contributed by atoms with E-state index < -0.39 is 0 Å². The van der Waals surface area contributed by atoms with Gasteiger partial charge in [-0.3, -0.25) is 0 Å². The summed E-state index contributed by atoms with van der Waals surface area (Å²) in [6.07, 6.45) is 0.461. The first kappa shape index (κ1) is 11.0. The molecule has 0 bridgehead atoms. The lowest BCUT2D eigenvalue weighted by atomic mass is 10.1. The van der Waals surface area contributed by atoms with Gasteiger partial charge in [-0.25, -0.2) is 0 Å². The zero-order valence-electron chi connectivity index (χ0n) is 9.47. The molecule has 1 heterocycles. The number of nitrogens with one attached hydrogen (secondary N) is 1. The van der Waals surface area contributed by atoms with Crippen LogP contribution in [0.1, 0.15) is 22.7 Å². The van der Waals surface area contributed by atoms with Crippen LogP contribution in [0.15, 0.2) is 41.1 Å². The summed E-state index contributed by atoms with van der Waals surface area (Å²) in [5.74, 6) is 0. The van der Waals surface area contributed by atoms with Gasteiger partial charge in [-0.2, -0.15) is 11.3 Å². The standard InChI is InChI=1S/C14H15NOS/c16-13-7-11-3-1-2-4-12(11)14(13)15-8-10-5-6-17-9-10/h1-6,9,13-16H,7-8H2/t13-,14+/m0/s1. The number of thiophene rings is 1. The van der Waals surface area contributed by atoms with Crippen LogP contribution in [0.4, 0.5) is 0 Å². The average Bonchev–Trinajstić information content (AvgIpc) is 2.93. The van der Waals surface area contributed by atoms with Gasteiger partial charge in [-0.05, 0) is 33.5 Å². The molecular weight excluding hydrogens is 230 g/mol. The van der Waals surface area contributed by atoms with Crippen LogP contribution in [0.25, 0.3) is 0 Å². The Labute approximate surface area is 105 Å². The van der Waals surface area contributed by atoms with Crippen molar-refractivity contribution in [3.8, 4) is 0 Å². The van der Waals surface area contributed by atoms with Crippen LogP contribution < -0.4 is 5.32 Å². The molecule has 0 aliphatic heterocycles. The normalized spacial score (nSPS) is 22.6. The van der Waals surface area contributed by atoms with Crippen molar-refractivity contribution in [1.29, 1.82) is 0 Å². The number of aliphatic hydroxyl groups is 1. The molecule has 1 aromatic carbocycles. The van der Waals surface area contributed by atoms with Crippen molar-refractivity contribution >= 4 is 11.3 Å². The maximum absolute atomic E-state index is 10.1. The Kier molecular flexibility index (Phi) is 2.97. The van der Waals surface area contributed by atoms with Crippen molar-refractivity contribution in [3.05, 3.63) is 57.8 Å². The first-order valence-corrected chi connectivity index (χ1v) is 6.79. The van der Waals surface area contributed by atoms with Gasteiger partial charge in [0.2, 0.25) is 0 Å². The number of fused-ring (bicyclic) bond motifs is 1. The van der Waals surface area contributed by atoms with E-state index in [0.29, 0.717) is 0 Å². The minimum atomic E-state index is -0.300. The largest absolute Gasteiger partial charge is 0.391 e. The molecule has 0 saturated carbocycles. The van der Waals surface area contributed by atoms with E-state index in [1.807, 2.05) is 12.1 Å². The van der Waals surface area contributed by atoms with E-state index in [1.54, 1.807) is 11.3 Å². The topological polar surface area (TPSA) is 32.3 Å². The van der Waals surface area contributed by atoms with Crippen molar-refractivity contribution in [3.63, 3.8) is 0 Å². The summed E-state index contributed by atoms with van der Waals surface area (Å²) in [4.78, 5) is 0. The van der Waals surface area contributed by atoms with Crippen molar-refractivity contribution in [2.24, 2.45) is 0 Å². The predicted molar refractivity (Wildman–Crippen MR) is 70.1 cm³/mol. The van der Waals surface area contributed by atoms with Gasteiger partial charge in [-0.15, -0.1) is 0 Å². The Bertz CT molecular complexity index is 495. The van der Waals surface area contributed by atoms with Crippen molar-refractivity contribution < 1.29 is 5.11 Å². The third kappa shape index (κ3) is 2.14. The molecule has 0 radical (unpaired) electrons. The lowest BCUT2D eigenvalue weighted by Crippen LogP contribution is -2.28. The second-order valence-corrected chi connectivity index (χ2v) is 5.24. The Morgan fingerprint density at radius 3 is 3.00 bits per heavy atom. The zero-order chi connectivity index (χ0) is 11.7. The summed E-state index contributed by atoms with van der Waals surface area (Å²) in [6.45, 7) is 0.819. The number of aliphatic hydroxyl groups excluding tert-OH is 1. The number of rotatable bonds is 3. The highest BCUT2D eigenvalue weighted by Crippen LogP contribution is 2.31. The van der Waals surface area contributed by atoms with Gasteiger partial charge in [-0.1, -0.05) is 24.3 Å². The van der Waals surface area contributed by atoms with Crippen LogP contribution in [0, 0.1) is 0 Å². The second kappa shape index (κ2) is 4.61. The van der Waals surface area contributed by atoms with E-state index in [2.05, 4.69) is 34.3 Å². The minimum Gasteiger partial charge on any atom is -0.391 e. The van der Waals surface area contributed by atoms with Gasteiger partial charge in [0.15, 0.2) is 0 Å². The van der Waals surface area contributed by atoms with Crippen LogP contribution in [0.3, 0.4) is 0 Å². The molecule has 17 heavy (non-hydrogen) atoms. The monoisotopic (exact) mass is 245 g/mol. The highest BCUT2D eigenvalue weighted by Gasteiger charge is 2.29. The highest BCUT2D eigenvalue weighted by atomic mass is 32.1. The fourth-order valence-corrected chi connectivity index (χ4v) is 3.11. The molecule has 2 N–H and O–H groups in total. The van der Waals surface area contributed by atoms with E-state index >= 15 is 0 Å². The third-order valence-electron chi connectivity index (χ3n) is 3.31. The maximum atomic E-state index is 10.1. The first-order chi connectivity index (χ1) is 8.34. The molecule has 0 saturated heterocycles. The molecule has 2 atom stereocenters. The van der Waals surface area contributed by atoms with E-state index in [4.69, 9.17) is 0 Å². The van der Waals surface area contributed by atoms with Crippen LogP contribution in [0.2, 0.25) is 0 Å². The highest BCUT2D eigenvalue weighted by molar-refractivity contribution is 7.07. The molecule has 3 rings (SSSR count). The molecule has 0 unspecified atom stereocenters. The first-order valence-electron chi connectivity index (χ1n) is 5.85. The molecule has 2 aromatic rings. The molecule has 0 amide bonds. The van der Waals surface area contributed by atoms with Crippen LogP contribution in [-0.4, -0.2) is 11.2 Å². The summed E-state index contributed by atoms with van der Waals surface area (Å²) in [5.41, 5.74) is 3.80. The molecule has 2 nitrogen and oxygen atoms in total. The minimum absolute atomic E-state index is 0.0751. The van der Waals surface area contributed by atoms with E-state index in [0.717, 1.165) is 13.0 Å². The molecule has 1 aromatic heterocycles. The summed E-state index contributed by atoms with van der Waals surface area (Å²) in [7, 11) is 0. The molecule has 3 heteroatoms. The summed E-state index contributed by atoms with van der Waals surface area (Å²) in [5, 5.41) is 17.7. The van der Waals surface area contributed by atoms with E-state index in [-0.39, 0.29) is 12.1 Å². The smallest absolute Gasteiger partial charge is 0.0775 e. The fraction of sp³-hybridized carbons (Fsp3) is 0.286. The summed E-state index contributed by atoms with van der Waals surface area (Å²) >= 11 is 1.71. The summed E-state index contributed by atoms with van der Waals surface area (Å²) < 4.78 is 0. The molecule has 1 aliphatic carbocycles. The Balaban J connectivity index is 1.75. The lowest BCUT2D eigenvalue weighted by Gasteiger charge is -2.17. The van der Waals surface area contributed by atoms with Gasteiger partial charge in [0.1, 0.15) is 0 Å². The average molecular weight is 245 g/mol. The molecule has 88 valence electrons. The van der Waals surface area contributed by atoms with Gasteiger partial charge in [0, 0.05) is 13.0 Å². The van der Waals surface area contributed by atoms with Gasteiger partial charge in [0.05, 0.1) is 12.1 Å². The summed E-state index contributed by atoms with van der Waals surface area (Å²) in [6, 6.07) is 10.5. The van der Waals surface area contributed by atoms with Gasteiger partial charge >= 0.3 is 0 Å². The molecule has 0 spiro atoms. The van der Waals surface area contributed by atoms with Gasteiger partial charge in [0.25, 0.3) is 0 Å². The fourth-order valence-electron chi connectivity index (χ4n) is 2.44. The number of hydrogen-bond acceptors (Lipinski definition) is 3. The van der Waals surface area contributed by atoms with Crippen LogP contribution in [-0.2, 0) is 13.0 Å². The molecule has 0 fully saturated rings. The second-order valence-electron chi connectivity index (χ2n) is 4.46. The van der Waals surface area contributed by atoms with Crippen molar-refractivity contribution in [2.45, 2.75) is 25.1 Å². The van der Waals surface area contributed by atoms with E-state index in [9.17, 15) is 5.11 Å². The molecule has 1 aliphatic rings. The molecular formula is C14H15NOS. The maximum Gasteiger partial charge on any atom is 0.0775 e. The van der Waals surface area contributed by atoms with Crippen LogP contribution in [0.5, 0.6) is 0 Å². The Morgan fingerprint density at radius 2 is 2.18 bits per heavy atom. The van der Waals surface area contributed by atoms with Crippen LogP contribution >= 0.6 is 11.3 Å². The predicted octanol–water partition coefficient (Wildman–Crippen LogP) is 2.50. The quantitative estimate of drug-likeness (QED) is 0.871. The van der Waals surface area contributed by atoms with Gasteiger partial charge < -0.3 is 10.4 Å². The number of benzene rings is 1. The van der Waals surface area contributed by atoms with E-state index in [1.165, 1.54) is 16.7 Å². The Hall–Kier alpha value is -1.16.